The first-order valence-electron chi connectivity index (χ1n) is 11.6. The lowest BCUT2D eigenvalue weighted by molar-refractivity contribution is 0.313. The molecule has 0 unspecified atom stereocenters. The maximum Gasteiger partial charge on any atom is 0.135 e. The average molecular weight is 453 g/mol. The summed E-state index contributed by atoms with van der Waals surface area (Å²) < 4.78 is 0. The summed E-state index contributed by atoms with van der Waals surface area (Å²) in [5.41, 5.74) is 8.83. The molecule has 0 saturated carbocycles. The SMILES string of the molecule is CN1CCN(c2cccc3[nH]c(-c4n[nH]c5ccc(-c6cncc(N(C)C)c6)nc45)cc23)CC1. The molecule has 6 rings (SSSR count). The first kappa shape index (κ1) is 20.7. The molecule has 34 heavy (non-hydrogen) atoms. The van der Waals surface area contributed by atoms with Crippen LogP contribution in [0.2, 0.25) is 0 Å². The van der Waals surface area contributed by atoms with Crippen molar-refractivity contribution < 1.29 is 0 Å². The van der Waals surface area contributed by atoms with E-state index in [2.05, 4.69) is 67.3 Å². The summed E-state index contributed by atoms with van der Waals surface area (Å²) in [7, 11) is 6.21. The number of aromatic nitrogens is 5. The number of likely N-dealkylation sites (N-methyl/N-ethyl adjacent to an activating group) is 1. The molecule has 172 valence electrons. The number of rotatable bonds is 4. The standard InChI is InChI=1S/C26H28N8/c1-32(2)18-13-17(15-27-16-18)20-7-8-22-25(29-20)26(31-30-22)23-14-19-21(28-23)5-4-6-24(19)34-11-9-33(3)10-12-34/h4-8,13-16,28H,9-12H2,1-3H3,(H,30,31). The summed E-state index contributed by atoms with van der Waals surface area (Å²) in [5, 5.41) is 9.00. The number of nitrogens with zero attached hydrogens (tertiary/aromatic N) is 6. The summed E-state index contributed by atoms with van der Waals surface area (Å²) >= 11 is 0. The fourth-order valence-corrected chi connectivity index (χ4v) is 4.65. The fourth-order valence-electron chi connectivity index (χ4n) is 4.65. The fraction of sp³-hybridized carbons (Fsp3) is 0.269. The van der Waals surface area contributed by atoms with Crippen molar-refractivity contribution in [2.24, 2.45) is 0 Å². The Morgan fingerprint density at radius 3 is 2.62 bits per heavy atom. The van der Waals surface area contributed by atoms with E-state index < -0.39 is 0 Å². The Kier molecular flexibility index (Phi) is 4.95. The van der Waals surface area contributed by atoms with Crippen molar-refractivity contribution in [3.05, 3.63) is 54.9 Å². The zero-order chi connectivity index (χ0) is 23.2. The van der Waals surface area contributed by atoms with Crippen LogP contribution in [0.25, 0.3) is 44.6 Å². The highest BCUT2D eigenvalue weighted by Gasteiger charge is 2.19. The maximum absolute atomic E-state index is 4.98. The van der Waals surface area contributed by atoms with Crippen molar-refractivity contribution in [1.82, 2.24) is 30.0 Å². The van der Waals surface area contributed by atoms with Gasteiger partial charge in [-0.05, 0) is 43.4 Å². The van der Waals surface area contributed by atoms with Gasteiger partial charge in [0.1, 0.15) is 11.2 Å². The van der Waals surface area contributed by atoms with Gasteiger partial charge >= 0.3 is 0 Å². The number of hydrogen-bond acceptors (Lipinski definition) is 6. The van der Waals surface area contributed by atoms with Crippen molar-refractivity contribution in [3.63, 3.8) is 0 Å². The molecule has 1 aliphatic heterocycles. The number of piperazine rings is 1. The summed E-state index contributed by atoms with van der Waals surface area (Å²) in [6, 6.07) is 14.8. The van der Waals surface area contributed by atoms with Crippen LogP contribution in [-0.4, -0.2) is 77.4 Å². The zero-order valence-corrected chi connectivity index (χ0v) is 19.7. The van der Waals surface area contributed by atoms with Crippen molar-refractivity contribution in [2.75, 3.05) is 57.1 Å². The van der Waals surface area contributed by atoms with Gasteiger partial charge < -0.3 is 19.7 Å². The molecule has 1 fully saturated rings. The molecular formula is C26H28N8. The third-order valence-electron chi connectivity index (χ3n) is 6.68. The van der Waals surface area contributed by atoms with Gasteiger partial charge in [-0.15, -0.1) is 0 Å². The van der Waals surface area contributed by atoms with E-state index in [9.17, 15) is 0 Å². The third kappa shape index (κ3) is 3.56. The van der Waals surface area contributed by atoms with Crippen molar-refractivity contribution in [1.29, 1.82) is 0 Å². The lowest BCUT2D eigenvalue weighted by atomic mass is 10.1. The number of nitrogens with one attached hydrogen (secondary N) is 2. The van der Waals surface area contributed by atoms with Crippen LogP contribution in [0.5, 0.6) is 0 Å². The molecule has 0 spiro atoms. The van der Waals surface area contributed by atoms with E-state index in [1.165, 1.54) is 11.1 Å². The van der Waals surface area contributed by atoms with E-state index in [1.54, 1.807) is 0 Å². The minimum absolute atomic E-state index is 0.828. The Morgan fingerprint density at radius 1 is 0.941 bits per heavy atom. The monoisotopic (exact) mass is 452 g/mol. The van der Waals surface area contributed by atoms with Crippen LogP contribution in [0.4, 0.5) is 11.4 Å². The largest absolute Gasteiger partial charge is 0.376 e. The summed E-state index contributed by atoms with van der Waals surface area (Å²) in [6.45, 7) is 4.22. The normalized spacial score (nSPS) is 14.9. The van der Waals surface area contributed by atoms with Gasteiger partial charge in [-0.25, -0.2) is 4.98 Å². The lowest BCUT2D eigenvalue weighted by Crippen LogP contribution is -2.44. The van der Waals surface area contributed by atoms with Gasteiger partial charge in [0.15, 0.2) is 0 Å². The van der Waals surface area contributed by atoms with Crippen LogP contribution >= 0.6 is 0 Å². The quantitative estimate of drug-likeness (QED) is 0.429. The predicted molar refractivity (Wildman–Crippen MR) is 138 cm³/mol. The molecule has 1 aliphatic rings. The van der Waals surface area contributed by atoms with Gasteiger partial charge in [-0.2, -0.15) is 5.10 Å². The third-order valence-corrected chi connectivity index (χ3v) is 6.68. The maximum atomic E-state index is 4.98. The summed E-state index contributed by atoms with van der Waals surface area (Å²) in [6.07, 6.45) is 3.71. The Bertz CT molecular complexity index is 1470. The van der Waals surface area contributed by atoms with Gasteiger partial charge in [0.05, 0.1) is 28.8 Å². The number of aromatic amines is 2. The molecule has 2 N–H and O–H groups in total. The Hall–Kier alpha value is -3.91. The van der Waals surface area contributed by atoms with E-state index >= 15 is 0 Å². The van der Waals surface area contributed by atoms with Crippen LogP contribution in [0.15, 0.2) is 54.9 Å². The van der Waals surface area contributed by atoms with Crippen LogP contribution in [0.3, 0.4) is 0 Å². The highest BCUT2D eigenvalue weighted by atomic mass is 15.2. The molecule has 0 aliphatic carbocycles. The number of benzene rings is 1. The van der Waals surface area contributed by atoms with Crippen molar-refractivity contribution in [3.8, 4) is 22.6 Å². The number of H-pyrrole nitrogens is 2. The molecular weight excluding hydrogens is 424 g/mol. The van der Waals surface area contributed by atoms with E-state index in [1.807, 2.05) is 43.5 Å². The smallest absolute Gasteiger partial charge is 0.135 e. The molecule has 0 radical (unpaired) electrons. The number of anilines is 2. The molecule has 0 bridgehead atoms. The van der Waals surface area contributed by atoms with E-state index in [0.29, 0.717) is 0 Å². The number of hydrogen-bond donors (Lipinski definition) is 2. The summed E-state index contributed by atoms with van der Waals surface area (Å²) in [5.74, 6) is 0. The van der Waals surface area contributed by atoms with Crippen molar-refractivity contribution in [2.45, 2.75) is 0 Å². The van der Waals surface area contributed by atoms with Crippen LogP contribution in [0.1, 0.15) is 0 Å². The van der Waals surface area contributed by atoms with Crippen LogP contribution in [0, 0.1) is 0 Å². The average Bonchev–Trinajstić information content (AvgIpc) is 3.48. The molecule has 0 amide bonds. The Morgan fingerprint density at radius 2 is 1.79 bits per heavy atom. The molecule has 0 atom stereocenters. The number of fused-ring (bicyclic) bond motifs is 2. The number of pyridine rings is 2. The molecule has 5 heterocycles. The van der Waals surface area contributed by atoms with Gasteiger partial charge in [0, 0.05) is 68.6 Å². The Balaban J connectivity index is 1.42. The lowest BCUT2D eigenvalue weighted by Gasteiger charge is -2.34. The van der Waals surface area contributed by atoms with Gasteiger partial charge in [0.25, 0.3) is 0 Å². The topological polar surface area (TPSA) is 80.0 Å². The van der Waals surface area contributed by atoms with E-state index in [4.69, 9.17) is 4.98 Å². The van der Waals surface area contributed by atoms with E-state index in [-0.39, 0.29) is 0 Å². The molecule has 4 aromatic heterocycles. The first-order valence-corrected chi connectivity index (χ1v) is 11.6. The highest BCUT2D eigenvalue weighted by Crippen LogP contribution is 2.34. The predicted octanol–water partition coefficient (Wildman–Crippen LogP) is 3.99. The van der Waals surface area contributed by atoms with Crippen LogP contribution in [-0.2, 0) is 0 Å². The minimum Gasteiger partial charge on any atom is -0.376 e. The molecule has 1 aromatic carbocycles. The van der Waals surface area contributed by atoms with Gasteiger partial charge in [-0.3, -0.25) is 10.1 Å². The highest BCUT2D eigenvalue weighted by molar-refractivity contribution is 5.99. The van der Waals surface area contributed by atoms with Gasteiger partial charge in [-0.1, -0.05) is 6.07 Å². The molecule has 5 aromatic rings. The first-order chi connectivity index (χ1) is 16.6. The second kappa shape index (κ2) is 8.14. The van der Waals surface area contributed by atoms with Gasteiger partial charge in [0.2, 0.25) is 0 Å². The minimum atomic E-state index is 0.828. The van der Waals surface area contributed by atoms with E-state index in [0.717, 1.165) is 71.1 Å². The zero-order valence-electron chi connectivity index (χ0n) is 19.7. The van der Waals surface area contributed by atoms with Crippen molar-refractivity contribution >= 4 is 33.3 Å². The summed E-state index contributed by atoms with van der Waals surface area (Å²) in [4.78, 5) is 19.9. The van der Waals surface area contributed by atoms with Crippen LogP contribution < -0.4 is 9.80 Å². The second-order valence-corrected chi connectivity index (χ2v) is 9.20. The second-order valence-electron chi connectivity index (χ2n) is 9.20. The molecule has 8 nitrogen and oxygen atoms in total. The Labute approximate surface area is 198 Å². The molecule has 1 saturated heterocycles. The molecule has 8 heteroatoms.